The van der Waals surface area contributed by atoms with Gasteiger partial charge in [-0.05, 0) is 75.5 Å². The van der Waals surface area contributed by atoms with Gasteiger partial charge in [-0.3, -0.25) is 14.3 Å². The zero-order chi connectivity index (χ0) is 34.4. The van der Waals surface area contributed by atoms with E-state index in [9.17, 15) is 36.0 Å². The fraction of sp³-hybridized carbons (Fsp3) is 0.500. The van der Waals surface area contributed by atoms with E-state index in [1.807, 2.05) is 0 Å². The van der Waals surface area contributed by atoms with Crippen LogP contribution in [-0.4, -0.2) is 71.4 Å². The number of sulfone groups is 1. The second-order valence-corrected chi connectivity index (χ2v) is 15.3. The quantitative estimate of drug-likeness (QED) is 0.320. The largest absolute Gasteiger partial charge is 0.444 e. The Kier molecular flexibility index (Phi) is 10.3. The number of nitrogens with one attached hydrogen (secondary N) is 1. The molecule has 0 aliphatic carbocycles. The van der Waals surface area contributed by atoms with Crippen LogP contribution < -0.4 is 11.2 Å². The summed E-state index contributed by atoms with van der Waals surface area (Å²) in [6.07, 6.45) is -4.20. The summed E-state index contributed by atoms with van der Waals surface area (Å²) in [4.78, 5) is 44.7. The van der Waals surface area contributed by atoms with E-state index in [1.165, 1.54) is 30.0 Å². The highest BCUT2D eigenvalue weighted by atomic mass is 35.5. The highest BCUT2D eigenvalue weighted by molar-refractivity contribution is 7.91. The molecule has 0 radical (unpaired) electrons. The zero-order valence-electron chi connectivity index (χ0n) is 25.9. The summed E-state index contributed by atoms with van der Waals surface area (Å²) in [6, 6.07) is 4.23. The van der Waals surface area contributed by atoms with Gasteiger partial charge in [-0.25, -0.2) is 18.0 Å². The van der Waals surface area contributed by atoms with Crippen molar-refractivity contribution < 1.29 is 31.1 Å². The molecule has 2 aromatic carbocycles. The number of fused-ring (bicyclic) bond motifs is 1. The average molecular weight is 708 g/mol. The molecule has 1 saturated heterocycles. The van der Waals surface area contributed by atoms with Crippen molar-refractivity contribution in [2.45, 2.75) is 76.3 Å². The minimum Gasteiger partial charge on any atom is -0.444 e. The number of H-pyrrole nitrogens is 1. The number of ether oxygens (including phenoxy) is 1. The third kappa shape index (κ3) is 7.72. The van der Waals surface area contributed by atoms with Gasteiger partial charge in [0.05, 0.1) is 38.7 Å². The van der Waals surface area contributed by atoms with Crippen molar-refractivity contribution in [3.8, 4) is 0 Å². The molecule has 10 nitrogen and oxygen atoms in total. The molecule has 1 aliphatic rings. The summed E-state index contributed by atoms with van der Waals surface area (Å²) >= 11 is 12.6. The number of carbonyl (C=O) groups is 1. The number of aromatic nitrogens is 2. The van der Waals surface area contributed by atoms with Crippen LogP contribution in [0.15, 0.2) is 38.8 Å². The number of likely N-dealkylation sites (tertiary alicyclic amines) is 1. The lowest BCUT2D eigenvalue weighted by atomic mass is 10.0. The average Bonchev–Trinajstić information content (AvgIpc) is 3.37. The standard InChI is InChI=1S/C30H35Cl2F3N4O6S/c1-6-46(43,44)23-10-9-18(31)12-17(23)14-39-26(40)20-13-22(30(33,34)35)21(24(32)25(20)36-27(39)41)16-38-11-7-8-19(38)15-37(5)28(42)45-29(2,3)4/h9-10,12-13,19H,6-8,11,14-16H2,1-5H3,(H,36,41)/t19-/m1/s1. The van der Waals surface area contributed by atoms with Gasteiger partial charge in [-0.15, -0.1) is 0 Å². The summed E-state index contributed by atoms with van der Waals surface area (Å²) in [7, 11) is -2.25. The molecule has 3 aromatic rings. The molecule has 0 bridgehead atoms. The first-order valence-electron chi connectivity index (χ1n) is 14.5. The Bertz CT molecular complexity index is 1890. The summed E-state index contributed by atoms with van der Waals surface area (Å²) < 4.78 is 74.9. The number of likely N-dealkylation sites (N-methyl/N-ethyl adjacent to an activating group) is 1. The van der Waals surface area contributed by atoms with Crippen LogP contribution in [0.25, 0.3) is 10.9 Å². The van der Waals surface area contributed by atoms with Gasteiger partial charge < -0.3 is 14.6 Å². The van der Waals surface area contributed by atoms with Crippen LogP contribution in [0.5, 0.6) is 0 Å². The molecule has 1 N–H and O–H groups in total. The molecule has 4 rings (SSSR count). The van der Waals surface area contributed by atoms with Gasteiger partial charge in [0.15, 0.2) is 9.84 Å². The Hall–Kier alpha value is -3.07. The molecule has 16 heteroatoms. The maximum atomic E-state index is 14.5. The van der Waals surface area contributed by atoms with Crippen LogP contribution in [0.2, 0.25) is 10.0 Å². The van der Waals surface area contributed by atoms with Gasteiger partial charge in [0.25, 0.3) is 5.56 Å². The third-order valence-corrected chi connectivity index (χ3v) is 10.2. The number of rotatable bonds is 8. The molecule has 1 fully saturated rings. The maximum absolute atomic E-state index is 14.5. The van der Waals surface area contributed by atoms with E-state index in [4.69, 9.17) is 27.9 Å². The lowest BCUT2D eigenvalue weighted by Crippen LogP contribution is -2.43. The van der Waals surface area contributed by atoms with Crippen LogP contribution in [0, 0.1) is 0 Å². The van der Waals surface area contributed by atoms with Crippen LogP contribution in [0.4, 0.5) is 18.0 Å². The lowest BCUT2D eigenvalue weighted by Gasteiger charge is -2.31. The van der Waals surface area contributed by atoms with E-state index in [1.54, 1.807) is 32.7 Å². The number of hydrogen-bond acceptors (Lipinski definition) is 7. The topological polar surface area (TPSA) is 122 Å². The summed E-state index contributed by atoms with van der Waals surface area (Å²) in [5.74, 6) is -0.271. The first-order chi connectivity index (χ1) is 21.2. The fourth-order valence-electron chi connectivity index (χ4n) is 5.49. The van der Waals surface area contributed by atoms with E-state index in [-0.39, 0.29) is 51.4 Å². The van der Waals surface area contributed by atoms with Crippen LogP contribution in [-0.2, 0) is 33.8 Å². The lowest BCUT2D eigenvalue weighted by molar-refractivity contribution is -0.138. The first-order valence-corrected chi connectivity index (χ1v) is 16.9. The molecule has 1 atom stereocenters. The van der Waals surface area contributed by atoms with Crippen molar-refractivity contribution in [3.63, 3.8) is 0 Å². The molecule has 1 aliphatic heterocycles. The van der Waals surface area contributed by atoms with Gasteiger partial charge in [0, 0.05) is 31.2 Å². The van der Waals surface area contributed by atoms with E-state index in [2.05, 4.69) is 4.98 Å². The Labute approximate surface area is 273 Å². The molecular weight excluding hydrogens is 672 g/mol. The highest BCUT2D eigenvalue weighted by Gasteiger charge is 2.38. The van der Waals surface area contributed by atoms with Gasteiger partial charge in [0.2, 0.25) is 0 Å². The summed E-state index contributed by atoms with van der Waals surface area (Å²) in [6.45, 7) is 6.40. The van der Waals surface area contributed by atoms with Gasteiger partial charge in [-0.2, -0.15) is 13.2 Å². The van der Waals surface area contributed by atoms with E-state index >= 15 is 0 Å². The Morgan fingerprint density at radius 3 is 2.41 bits per heavy atom. The van der Waals surface area contributed by atoms with Gasteiger partial charge in [-0.1, -0.05) is 30.1 Å². The van der Waals surface area contributed by atoms with Crippen LogP contribution >= 0.6 is 23.2 Å². The normalized spacial score (nSPS) is 16.3. The van der Waals surface area contributed by atoms with E-state index < -0.39 is 61.5 Å². The molecule has 252 valence electrons. The smallest absolute Gasteiger partial charge is 0.416 e. The minimum absolute atomic E-state index is 0.0245. The molecule has 1 aromatic heterocycles. The van der Waals surface area contributed by atoms with Gasteiger partial charge in [0.1, 0.15) is 5.60 Å². The van der Waals surface area contributed by atoms with Crippen molar-refractivity contribution in [1.29, 1.82) is 0 Å². The number of hydrogen-bond donors (Lipinski definition) is 1. The van der Waals surface area contributed by atoms with Crippen LogP contribution in [0.3, 0.4) is 0 Å². The predicted molar refractivity (Wildman–Crippen MR) is 169 cm³/mol. The minimum atomic E-state index is -4.92. The first kappa shape index (κ1) is 35.8. The number of benzene rings is 2. The Morgan fingerprint density at radius 2 is 1.80 bits per heavy atom. The molecular formula is C30H35Cl2F3N4O6S. The summed E-state index contributed by atoms with van der Waals surface area (Å²) in [5.41, 5.74) is -4.53. The molecule has 2 heterocycles. The van der Waals surface area contributed by atoms with Crippen molar-refractivity contribution >= 4 is 50.0 Å². The fourth-order valence-corrected chi connectivity index (χ4v) is 7.10. The number of alkyl halides is 3. The monoisotopic (exact) mass is 706 g/mol. The number of aromatic amines is 1. The van der Waals surface area contributed by atoms with Crippen molar-refractivity contribution in [2.75, 3.05) is 25.9 Å². The third-order valence-electron chi connectivity index (χ3n) is 7.74. The Balaban J connectivity index is 1.77. The van der Waals surface area contributed by atoms with E-state index in [0.717, 1.165) is 0 Å². The predicted octanol–water partition coefficient (Wildman–Crippen LogP) is 5.69. The molecule has 0 unspecified atom stereocenters. The number of carbonyl (C=O) groups excluding carboxylic acids is 1. The second kappa shape index (κ2) is 13.2. The molecule has 46 heavy (non-hydrogen) atoms. The Morgan fingerprint density at radius 1 is 1.13 bits per heavy atom. The van der Waals surface area contributed by atoms with Crippen molar-refractivity contribution in [3.05, 3.63) is 71.8 Å². The molecule has 0 saturated carbocycles. The second-order valence-electron chi connectivity index (χ2n) is 12.2. The van der Waals surface area contributed by atoms with Crippen molar-refractivity contribution in [2.24, 2.45) is 0 Å². The number of halogens is 5. The van der Waals surface area contributed by atoms with Crippen LogP contribution in [0.1, 0.15) is 57.2 Å². The SMILES string of the molecule is CCS(=O)(=O)c1ccc(Cl)cc1Cn1c(=O)[nH]c2c(Cl)c(CN3CCC[C@@H]3CN(C)C(=O)OC(C)(C)C)c(C(F)(F)F)cc2c1=O. The maximum Gasteiger partial charge on any atom is 0.416 e. The zero-order valence-corrected chi connectivity index (χ0v) is 28.3. The number of amides is 1. The molecule has 0 spiro atoms. The summed E-state index contributed by atoms with van der Waals surface area (Å²) in [5, 5.41) is -0.792. The van der Waals surface area contributed by atoms with Crippen molar-refractivity contribution in [1.82, 2.24) is 19.4 Å². The highest BCUT2D eigenvalue weighted by Crippen LogP contribution is 2.39. The van der Waals surface area contributed by atoms with Gasteiger partial charge >= 0.3 is 18.0 Å². The molecule has 1 amide bonds. The van der Waals surface area contributed by atoms with E-state index in [0.29, 0.717) is 30.0 Å². The number of nitrogens with zero attached hydrogens (tertiary/aromatic N) is 3.